The molecule has 1 aliphatic carbocycles. The third kappa shape index (κ3) is 5.72. The lowest BCUT2D eigenvalue weighted by atomic mass is 9.71. The van der Waals surface area contributed by atoms with Crippen molar-refractivity contribution in [3.63, 3.8) is 0 Å². The minimum Gasteiger partial charge on any atom is -0.484 e. The van der Waals surface area contributed by atoms with Gasteiger partial charge in [0.1, 0.15) is 17.4 Å². The number of hydrogen-bond acceptors (Lipinski definition) is 7. The number of likely N-dealkylation sites (tertiary alicyclic amines) is 1. The van der Waals surface area contributed by atoms with Crippen molar-refractivity contribution in [2.75, 3.05) is 31.7 Å². The van der Waals surface area contributed by atoms with Crippen molar-refractivity contribution in [3.05, 3.63) is 39.7 Å². The molecule has 0 spiro atoms. The molecule has 9 heteroatoms. The molecule has 2 heterocycles. The molecule has 1 saturated carbocycles. The minimum absolute atomic E-state index is 0.0941. The summed E-state index contributed by atoms with van der Waals surface area (Å²) in [6.07, 6.45) is 6.94. The molecule has 8 nitrogen and oxygen atoms in total. The number of rotatable bonds is 8. The van der Waals surface area contributed by atoms with E-state index in [1.165, 1.54) is 0 Å². The van der Waals surface area contributed by atoms with E-state index in [0.717, 1.165) is 42.4 Å². The fraction of sp³-hybridized carbons (Fsp3) is 0.593. The number of nitrogens with one attached hydrogen (secondary N) is 1. The van der Waals surface area contributed by atoms with Crippen molar-refractivity contribution in [1.82, 2.24) is 10.2 Å². The summed E-state index contributed by atoms with van der Waals surface area (Å²) in [4.78, 5) is 39.9. The fourth-order valence-corrected chi connectivity index (χ4v) is 5.86. The molecule has 2 amide bonds. The number of carbonyl (C=O) groups excluding carboxylic acids is 2. The van der Waals surface area contributed by atoms with Crippen LogP contribution in [-0.4, -0.2) is 65.2 Å². The lowest BCUT2D eigenvalue weighted by Gasteiger charge is -2.48. The molecule has 2 N–H and O–H groups in total. The largest absolute Gasteiger partial charge is 0.484 e. The Kier molecular flexibility index (Phi) is 8.30. The van der Waals surface area contributed by atoms with E-state index < -0.39 is 17.3 Å². The number of amides is 2. The molecule has 0 unspecified atom stereocenters. The van der Waals surface area contributed by atoms with Crippen LogP contribution in [0.1, 0.15) is 49.7 Å². The minimum atomic E-state index is -0.656. The number of aliphatic hydroxyl groups is 1. The van der Waals surface area contributed by atoms with Gasteiger partial charge in [-0.2, -0.15) is 11.8 Å². The summed E-state index contributed by atoms with van der Waals surface area (Å²) in [7, 11) is 0. The smallest absolute Gasteiger partial charge is 0.339 e. The van der Waals surface area contributed by atoms with Crippen LogP contribution < -0.4 is 15.7 Å². The molecule has 1 aliphatic heterocycles. The number of fused-ring (bicyclic) bond motifs is 2. The molecule has 1 aromatic carbocycles. The van der Waals surface area contributed by atoms with E-state index in [0.29, 0.717) is 42.8 Å². The van der Waals surface area contributed by atoms with E-state index >= 15 is 0 Å². The molecule has 2 aliphatic rings. The summed E-state index contributed by atoms with van der Waals surface area (Å²) in [6, 6.07) is 4.51. The third-order valence-electron chi connectivity index (χ3n) is 7.78. The van der Waals surface area contributed by atoms with Crippen molar-refractivity contribution in [1.29, 1.82) is 0 Å². The van der Waals surface area contributed by atoms with Crippen LogP contribution in [0.25, 0.3) is 11.0 Å². The molecule has 1 aromatic heterocycles. The predicted molar refractivity (Wildman–Crippen MR) is 140 cm³/mol. The van der Waals surface area contributed by atoms with Crippen molar-refractivity contribution in [2.24, 2.45) is 5.92 Å². The Morgan fingerprint density at radius 3 is 2.86 bits per heavy atom. The standard InChI is InChI=1S/C27H36N2O6S/c1-17-18(2)26(32)35-23-14-20(7-8-21(17)23)34-16-24(30)28-22(9-13-36-3)25(31)29-12-11-27(33)10-5-4-6-19(27)15-29/h7-8,14,19,22,33H,4-6,9-13,15-16H2,1-3H3,(H,28,30)/t19-,22-,27-/m0/s1. The number of carbonyl (C=O) groups is 2. The zero-order valence-electron chi connectivity index (χ0n) is 21.3. The number of ether oxygens (including phenoxy) is 1. The number of aryl methyl sites for hydroxylation is 1. The van der Waals surface area contributed by atoms with Gasteiger partial charge in [-0.1, -0.05) is 12.8 Å². The Balaban J connectivity index is 1.38. The number of nitrogens with zero attached hydrogens (tertiary/aromatic N) is 1. The second kappa shape index (κ2) is 11.3. The number of thioether (sulfide) groups is 1. The molecule has 3 atom stereocenters. The highest BCUT2D eigenvalue weighted by Gasteiger charge is 2.44. The quantitative estimate of drug-likeness (QED) is 0.519. The molecule has 2 fully saturated rings. The highest BCUT2D eigenvalue weighted by atomic mass is 32.2. The molecule has 196 valence electrons. The average molecular weight is 517 g/mol. The van der Waals surface area contributed by atoms with E-state index in [4.69, 9.17) is 9.15 Å². The van der Waals surface area contributed by atoms with Gasteiger partial charge < -0.3 is 24.5 Å². The maximum absolute atomic E-state index is 13.4. The first-order chi connectivity index (χ1) is 17.2. The van der Waals surface area contributed by atoms with Gasteiger partial charge in [-0.05, 0) is 69.2 Å². The molecule has 4 rings (SSSR count). The number of hydrogen-bond donors (Lipinski definition) is 2. The first-order valence-corrected chi connectivity index (χ1v) is 14.1. The summed E-state index contributed by atoms with van der Waals surface area (Å²) < 4.78 is 11.0. The summed E-state index contributed by atoms with van der Waals surface area (Å²) in [5, 5.41) is 14.6. The van der Waals surface area contributed by atoms with Crippen molar-refractivity contribution in [3.8, 4) is 5.75 Å². The van der Waals surface area contributed by atoms with Crippen molar-refractivity contribution >= 4 is 34.5 Å². The molecule has 2 aromatic rings. The van der Waals surface area contributed by atoms with Crippen LogP contribution in [0, 0.1) is 19.8 Å². The maximum atomic E-state index is 13.4. The van der Waals surface area contributed by atoms with Gasteiger partial charge in [-0.15, -0.1) is 0 Å². The zero-order chi connectivity index (χ0) is 25.9. The highest BCUT2D eigenvalue weighted by molar-refractivity contribution is 7.98. The van der Waals surface area contributed by atoms with Gasteiger partial charge in [0.2, 0.25) is 5.91 Å². The topological polar surface area (TPSA) is 109 Å². The van der Waals surface area contributed by atoms with Gasteiger partial charge >= 0.3 is 5.63 Å². The normalized spacial score (nSPS) is 22.7. The van der Waals surface area contributed by atoms with Gasteiger partial charge in [0, 0.05) is 36.0 Å². The summed E-state index contributed by atoms with van der Waals surface area (Å²) >= 11 is 1.62. The monoisotopic (exact) mass is 516 g/mol. The average Bonchev–Trinajstić information content (AvgIpc) is 2.87. The summed E-state index contributed by atoms with van der Waals surface area (Å²) in [5.74, 6) is 0.764. The van der Waals surface area contributed by atoms with E-state index in [-0.39, 0.29) is 24.3 Å². The molecule has 0 bridgehead atoms. The Bertz CT molecular complexity index is 1180. The Hall–Kier alpha value is -2.52. The van der Waals surface area contributed by atoms with Crippen molar-refractivity contribution < 1.29 is 23.8 Å². The predicted octanol–water partition coefficient (Wildman–Crippen LogP) is 3.18. The lowest BCUT2D eigenvalue weighted by molar-refractivity contribution is -0.147. The highest BCUT2D eigenvalue weighted by Crippen LogP contribution is 2.40. The Morgan fingerprint density at radius 2 is 2.08 bits per heavy atom. The lowest BCUT2D eigenvalue weighted by Crippen LogP contribution is -2.58. The van der Waals surface area contributed by atoms with Crippen molar-refractivity contribution in [2.45, 2.75) is 64.0 Å². The first-order valence-electron chi connectivity index (χ1n) is 12.7. The SMILES string of the molecule is CSCC[C@H](NC(=O)COc1ccc2c(C)c(C)c(=O)oc2c1)C(=O)N1CC[C@@]2(O)CCCC[C@H]2C1. The van der Waals surface area contributed by atoms with Gasteiger partial charge in [0.15, 0.2) is 6.61 Å². The van der Waals surface area contributed by atoms with Crippen LogP contribution in [-0.2, 0) is 9.59 Å². The van der Waals surface area contributed by atoms with E-state index in [2.05, 4.69) is 5.32 Å². The van der Waals surface area contributed by atoms with Crippen LogP contribution in [0.4, 0.5) is 0 Å². The Morgan fingerprint density at radius 1 is 1.28 bits per heavy atom. The van der Waals surface area contributed by atoms with Gasteiger partial charge in [0.05, 0.1) is 5.60 Å². The van der Waals surface area contributed by atoms with E-state index in [1.54, 1.807) is 36.9 Å². The Labute approximate surface area is 215 Å². The van der Waals surface area contributed by atoms with Crippen LogP contribution >= 0.6 is 11.8 Å². The first kappa shape index (κ1) is 26.5. The number of benzene rings is 1. The second-order valence-corrected chi connectivity index (χ2v) is 11.1. The summed E-state index contributed by atoms with van der Waals surface area (Å²) in [5.41, 5.74) is 0.775. The maximum Gasteiger partial charge on any atom is 0.339 e. The molecular formula is C27H36N2O6S. The van der Waals surface area contributed by atoms with E-state index in [1.807, 2.05) is 18.1 Å². The van der Waals surface area contributed by atoms with Crippen LogP contribution in [0.2, 0.25) is 0 Å². The molecule has 1 saturated heterocycles. The van der Waals surface area contributed by atoms with Gasteiger partial charge in [-0.3, -0.25) is 9.59 Å². The van der Waals surface area contributed by atoms with Gasteiger partial charge in [0.25, 0.3) is 5.91 Å². The zero-order valence-corrected chi connectivity index (χ0v) is 22.1. The van der Waals surface area contributed by atoms with Crippen LogP contribution in [0.5, 0.6) is 5.75 Å². The second-order valence-electron chi connectivity index (χ2n) is 10.1. The van der Waals surface area contributed by atoms with Gasteiger partial charge in [-0.25, -0.2) is 4.79 Å². The molecule has 0 radical (unpaired) electrons. The third-order valence-corrected chi connectivity index (χ3v) is 8.43. The van der Waals surface area contributed by atoms with E-state index in [9.17, 15) is 19.5 Å². The molecular weight excluding hydrogens is 480 g/mol. The number of piperidine rings is 1. The summed E-state index contributed by atoms with van der Waals surface area (Å²) in [6.45, 7) is 4.38. The van der Waals surface area contributed by atoms with Crippen LogP contribution in [0.3, 0.4) is 0 Å². The van der Waals surface area contributed by atoms with Crippen LogP contribution in [0.15, 0.2) is 27.4 Å². The molecule has 36 heavy (non-hydrogen) atoms. The fourth-order valence-electron chi connectivity index (χ4n) is 5.39.